The van der Waals surface area contributed by atoms with E-state index in [0.717, 1.165) is 6.08 Å². The maximum absolute atomic E-state index is 12.8. The molecule has 80 valence electrons. The third kappa shape index (κ3) is 5.29. The normalized spacial score (nSPS) is 10.9. The highest BCUT2D eigenvalue weighted by molar-refractivity contribution is 5.86. The van der Waals surface area contributed by atoms with Gasteiger partial charge in [-0.05, 0) is 19.9 Å². The number of halogens is 1. The minimum Gasteiger partial charge on any atom is -0.466 e. The van der Waals surface area contributed by atoms with Crippen molar-refractivity contribution >= 4 is 11.9 Å². The van der Waals surface area contributed by atoms with Crippen LogP contribution in [0.3, 0.4) is 0 Å². The van der Waals surface area contributed by atoms with E-state index in [1.165, 1.54) is 0 Å². The minimum absolute atomic E-state index is 0.0967. The molecular weight excluding hydrogens is 191 g/mol. The molecule has 0 saturated carbocycles. The highest BCUT2D eigenvalue weighted by Crippen LogP contribution is 2.02. The van der Waals surface area contributed by atoms with Gasteiger partial charge >= 0.3 is 11.9 Å². The molecule has 0 saturated heterocycles. The van der Waals surface area contributed by atoms with Gasteiger partial charge in [0, 0.05) is 0 Å². The number of rotatable bonds is 5. The van der Waals surface area contributed by atoms with Crippen LogP contribution in [0.2, 0.25) is 0 Å². The lowest BCUT2D eigenvalue weighted by molar-refractivity contribution is -0.142. The van der Waals surface area contributed by atoms with Gasteiger partial charge in [-0.2, -0.15) is 4.39 Å². The van der Waals surface area contributed by atoms with Crippen molar-refractivity contribution < 1.29 is 23.5 Å². The van der Waals surface area contributed by atoms with Gasteiger partial charge in [-0.15, -0.1) is 0 Å². The van der Waals surface area contributed by atoms with E-state index in [-0.39, 0.29) is 19.6 Å². The van der Waals surface area contributed by atoms with E-state index in [0.29, 0.717) is 0 Å². The van der Waals surface area contributed by atoms with Crippen LogP contribution >= 0.6 is 0 Å². The molecule has 0 aromatic carbocycles. The number of ether oxygens (including phenoxy) is 2. The first kappa shape index (κ1) is 12.6. The summed E-state index contributed by atoms with van der Waals surface area (Å²) in [6.07, 6.45) is 0.578. The van der Waals surface area contributed by atoms with Crippen LogP contribution in [0.25, 0.3) is 0 Å². The number of carbonyl (C=O) groups excluding carboxylic acids is 2. The zero-order valence-corrected chi connectivity index (χ0v) is 8.21. The Morgan fingerprint density at radius 3 is 2.29 bits per heavy atom. The molecule has 0 aliphatic heterocycles. The predicted molar refractivity (Wildman–Crippen MR) is 47.1 cm³/mol. The van der Waals surface area contributed by atoms with E-state index in [1.54, 1.807) is 13.8 Å². The minimum atomic E-state index is -1.07. The van der Waals surface area contributed by atoms with E-state index < -0.39 is 17.8 Å². The summed E-state index contributed by atoms with van der Waals surface area (Å²) in [4.78, 5) is 21.4. The summed E-state index contributed by atoms with van der Waals surface area (Å²) in [7, 11) is 0. The molecule has 0 bridgehead atoms. The summed E-state index contributed by atoms with van der Waals surface area (Å²) < 4.78 is 21.7. The number of esters is 2. The van der Waals surface area contributed by atoms with Crippen molar-refractivity contribution in [3.63, 3.8) is 0 Å². The van der Waals surface area contributed by atoms with Crippen molar-refractivity contribution in [2.24, 2.45) is 0 Å². The Morgan fingerprint density at radius 1 is 1.21 bits per heavy atom. The molecule has 0 aliphatic rings. The van der Waals surface area contributed by atoms with Crippen molar-refractivity contribution in [2.45, 2.75) is 20.3 Å². The fourth-order valence-corrected chi connectivity index (χ4v) is 0.676. The van der Waals surface area contributed by atoms with Gasteiger partial charge in [-0.25, -0.2) is 4.79 Å². The van der Waals surface area contributed by atoms with Gasteiger partial charge in [0.05, 0.1) is 19.6 Å². The monoisotopic (exact) mass is 204 g/mol. The van der Waals surface area contributed by atoms with Crippen LogP contribution < -0.4 is 0 Å². The van der Waals surface area contributed by atoms with E-state index >= 15 is 0 Å². The molecule has 0 aromatic heterocycles. The SMILES string of the molecule is CCOC(=O)C/C=C(\F)C(=O)OCC. The Hall–Kier alpha value is -1.39. The van der Waals surface area contributed by atoms with Crippen molar-refractivity contribution in [2.75, 3.05) is 13.2 Å². The molecule has 0 aliphatic carbocycles. The maximum Gasteiger partial charge on any atom is 0.366 e. The van der Waals surface area contributed by atoms with Crippen molar-refractivity contribution in [3.05, 3.63) is 11.9 Å². The number of carbonyl (C=O) groups is 2. The molecule has 0 N–H and O–H groups in total. The molecule has 0 unspecified atom stereocenters. The van der Waals surface area contributed by atoms with Gasteiger partial charge in [-0.1, -0.05) is 0 Å². The van der Waals surface area contributed by atoms with E-state index in [9.17, 15) is 14.0 Å². The highest BCUT2D eigenvalue weighted by Gasteiger charge is 2.10. The van der Waals surface area contributed by atoms with Gasteiger partial charge in [0.25, 0.3) is 0 Å². The van der Waals surface area contributed by atoms with Crippen molar-refractivity contribution in [3.8, 4) is 0 Å². The zero-order chi connectivity index (χ0) is 11.0. The van der Waals surface area contributed by atoms with E-state index in [4.69, 9.17) is 0 Å². The van der Waals surface area contributed by atoms with Gasteiger partial charge in [0.15, 0.2) is 0 Å². The van der Waals surface area contributed by atoms with Crippen molar-refractivity contribution in [1.29, 1.82) is 0 Å². The standard InChI is InChI=1S/C9H13FO4/c1-3-13-8(11)6-5-7(10)9(12)14-4-2/h5H,3-4,6H2,1-2H3/b7-5-. The molecule has 14 heavy (non-hydrogen) atoms. The molecule has 0 fully saturated rings. The summed E-state index contributed by atoms with van der Waals surface area (Å²) in [5.74, 6) is -2.70. The molecule has 0 atom stereocenters. The summed E-state index contributed by atoms with van der Waals surface area (Å²) in [5, 5.41) is 0. The Morgan fingerprint density at radius 2 is 1.79 bits per heavy atom. The molecule has 0 radical (unpaired) electrons. The highest BCUT2D eigenvalue weighted by atomic mass is 19.1. The van der Waals surface area contributed by atoms with Gasteiger partial charge in [0.1, 0.15) is 0 Å². The second-order valence-corrected chi connectivity index (χ2v) is 2.28. The third-order valence-corrected chi connectivity index (χ3v) is 1.22. The van der Waals surface area contributed by atoms with Crippen LogP contribution in [0.4, 0.5) is 4.39 Å². The predicted octanol–water partition coefficient (Wildman–Crippen LogP) is 1.36. The Labute approximate surface area is 81.7 Å². The Balaban J connectivity index is 3.98. The molecule has 0 spiro atoms. The number of hydrogen-bond acceptors (Lipinski definition) is 4. The van der Waals surface area contributed by atoms with Crippen LogP contribution in [-0.4, -0.2) is 25.2 Å². The Kier molecular flexibility index (Phi) is 6.36. The van der Waals surface area contributed by atoms with E-state index in [2.05, 4.69) is 9.47 Å². The second-order valence-electron chi connectivity index (χ2n) is 2.28. The quantitative estimate of drug-likeness (QED) is 0.501. The number of hydrogen-bond donors (Lipinski definition) is 0. The van der Waals surface area contributed by atoms with Crippen LogP contribution in [0.15, 0.2) is 11.9 Å². The zero-order valence-electron chi connectivity index (χ0n) is 8.21. The van der Waals surface area contributed by atoms with Gasteiger partial charge in [0.2, 0.25) is 5.83 Å². The fourth-order valence-electron chi connectivity index (χ4n) is 0.676. The molecular formula is C9H13FO4. The first-order valence-electron chi connectivity index (χ1n) is 4.30. The largest absolute Gasteiger partial charge is 0.466 e. The second kappa shape index (κ2) is 7.06. The van der Waals surface area contributed by atoms with Crippen LogP contribution in [0.5, 0.6) is 0 Å². The first-order chi connectivity index (χ1) is 6.61. The molecule has 0 amide bonds. The average Bonchev–Trinajstić information content (AvgIpc) is 2.15. The Bertz CT molecular complexity index is 235. The fraction of sp³-hybridized carbons (Fsp3) is 0.556. The van der Waals surface area contributed by atoms with Crippen LogP contribution in [0, 0.1) is 0 Å². The lowest BCUT2D eigenvalue weighted by Crippen LogP contribution is -2.06. The third-order valence-electron chi connectivity index (χ3n) is 1.22. The summed E-state index contributed by atoms with van der Waals surface area (Å²) in [5.41, 5.74) is 0. The molecule has 5 heteroatoms. The molecule has 4 nitrogen and oxygen atoms in total. The summed E-state index contributed by atoms with van der Waals surface area (Å²) in [6, 6.07) is 0. The molecule has 0 heterocycles. The molecule has 0 rings (SSSR count). The van der Waals surface area contributed by atoms with Gasteiger partial charge < -0.3 is 9.47 Å². The van der Waals surface area contributed by atoms with Gasteiger partial charge in [-0.3, -0.25) is 4.79 Å². The lowest BCUT2D eigenvalue weighted by Gasteiger charge is -1.99. The maximum atomic E-state index is 12.8. The van der Waals surface area contributed by atoms with E-state index in [1.807, 2.05) is 0 Å². The lowest BCUT2D eigenvalue weighted by atomic mass is 10.3. The average molecular weight is 204 g/mol. The smallest absolute Gasteiger partial charge is 0.366 e. The molecule has 0 aromatic rings. The first-order valence-corrected chi connectivity index (χ1v) is 4.30. The summed E-state index contributed by atoms with van der Waals surface area (Å²) >= 11 is 0. The topological polar surface area (TPSA) is 52.6 Å². The summed E-state index contributed by atoms with van der Waals surface area (Å²) in [6.45, 7) is 3.53. The van der Waals surface area contributed by atoms with Crippen LogP contribution in [0.1, 0.15) is 20.3 Å². The van der Waals surface area contributed by atoms with Crippen LogP contribution in [-0.2, 0) is 19.1 Å². The van der Waals surface area contributed by atoms with Crippen molar-refractivity contribution in [1.82, 2.24) is 0 Å².